The number of nitrogens with zero attached hydrogens (tertiary/aromatic N) is 1. The largest absolute Gasteiger partial charge is 0.469 e. The second-order valence-electron chi connectivity index (χ2n) is 9.89. The van der Waals surface area contributed by atoms with Gasteiger partial charge in [-0.05, 0) is 66.1 Å². The van der Waals surface area contributed by atoms with Crippen LogP contribution in [0.2, 0.25) is 0 Å². The topological polar surface area (TPSA) is 59.4 Å². The van der Waals surface area contributed by atoms with Crippen LogP contribution in [0.1, 0.15) is 60.1 Å². The van der Waals surface area contributed by atoms with Gasteiger partial charge >= 0.3 is 18.3 Å². The summed E-state index contributed by atoms with van der Waals surface area (Å²) in [6.45, 7) is 6.83. The Morgan fingerprint density at radius 2 is 1.40 bits per heavy atom. The summed E-state index contributed by atoms with van der Waals surface area (Å²) in [5, 5.41) is 9.94. The molecule has 0 atom stereocenters. The molecule has 0 spiro atoms. The quantitative estimate of drug-likeness (QED) is 0.226. The molecule has 0 unspecified atom stereocenters. The molecule has 0 saturated carbocycles. The van der Waals surface area contributed by atoms with E-state index in [9.17, 15) is 36.2 Å². The number of alkyl halides is 6. The van der Waals surface area contributed by atoms with Crippen molar-refractivity contribution >= 4 is 5.97 Å². The summed E-state index contributed by atoms with van der Waals surface area (Å²) in [5.74, 6) is -0.396. The maximum absolute atomic E-state index is 13.5. The van der Waals surface area contributed by atoms with Gasteiger partial charge in [-0.15, -0.1) is 0 Å². The smallest absolute Gasteiger partial charge is 0.430 e. The zero-order valence-electron chi connectivity index (χ0n) is 22.8. The Hall–Kier alpha value is -3.40. The van der Waals surface area contributed by atoms with Crippen LogP contribution in [0, 0.1) is 13.8 Å². The molecule has 0 bridgehead atoms. The first kappa shape index (κ1) is 31.1. The van der Waals surface area contributed by atoms with E-state index >= 15 is 0 Å². The van der Waals surface area contributed by atoms with Gasteiger partial charge in [0.15, 0.2) is 0 Å². The van der Waals surface area contributed by atoms with Crippen molar-refractivity contribution in [2.45, 2.75) is 70.3 Å². The number of carbonyl (C=O) groups is 1. The molecule has 1 aromatic heterocycles. The lowest BCUT2D eigenvalue weighted by Crippen LogP contribution is -2.54. The van der Waals surface area contributed by atoms with Gasteiger partial charge in [-0.2, -0.15) is 26.3 Å². The third-order valence-corrected chi connectivity index (χ3v) is 7.66. The van der Waals surface area contributed by atoms with Gasteiger partial charge in [0.05, 0.1) is 13.5 Å². The predicted molar refractivity (Wildman–Crippen MR) is 139 cm³/mol. The fourth-order valence-electron chi connectivity index (χ4n) is 5.32. The number of pyridine rings is 1. The Morgan fingerprint density at radius 1 is 0.850 bits per heavy atom. The van der Waals surface area contributed by atoms with Crippen LogP contribution in [0.4, 0.5) is 26.3 Å². The molecule has 0 fully saturated rings. The summed E-state index contributed by atoms with van der Waals surface area (Å²) < 4.78 is 85.9. The van der Waals surface area contributed by atoms with Gasteiger partial charge < -0.3 is 9.84 Å². The summed E-state index contributed by atoms with van der Waals surface area (Å²) >= 11 is 0. The molecule has 0 saturated heterocycles. The van der Waals surface area contributed by atoms with Crippen molar-refractivity contribution < 1.29 is 41.0 Å². The van der Waals surface area contributed by atoms with Crippen molar-refractivity contribution in [2.24, 2.45) is 0 Å². The number of benzene rings is 2. The maximum atomic E-state index is 13.5. The molecule has 40 heavy (non-hydrogen) atoms. The molecule has 2 aromatic carbocycles. The van der Waals surface area contributed by atoms with Crippen LogP contribution < -0.4 is 0 Å². The fraction of sp³-hybridized carbons (Fsp3) is 0.400. The summed E-state index contributed by atoms with van der Waals surface area (Å²) in [7, 11) is 1.30. The molecule has 0 aliphatic heterocycles. The van der Waals surface area contributed by atoms with Gasteiger partial charge in [-0.25, -0.2) is 0 Å². The minimum Gasteiger partial charge on any atom is -0.469 e. The van der Waals surface area contributed by atoms with Crippen molar-refractivity contribution in [3.8, 4) is 11.1 Å². The average Bonchev–Trinajstić information content (AvgIpc) is 2.88. The van der Waals surface area contributed by atoms with E-state index in [-0.39, 0.29) is 12.0 Å². The molecule has 0 aliphatic rings. The van der Waals surface area contributed by atoms with E-state index in [2.05, 4.69) is 4.98 Å². The lowest BCUT2D eigenvalue weighted by atomic mass is 9.69. The number of aryl methyl sites for hydroxylation is 2. The molecular formula is C30H31F6NO3. The number of ether oxygens (including phenoxy) is 1. The van der Waals surface area contributed by atoms with Crippen LogP contribution in [0.3, 0.4) is 0 Å². The molecule has 0 radical (unpaired) electrons. The third-order valence-electron chi connectivity index (χ3n) is 7.66. The van der Waals surface area contributed by atoms with Crippen molar-refractivity contribution in [1.82, 2.24) is 4.98 Å². The van der Waals surface area contributed by atoms with E-state index in [1.165, 1.54) is 19.2 Å². The minimum absolute atomic E-state index is 0.0659. The molecule has 4 nitrogen and oxygen atoms in total. The summed E-state index contributed by atoms with van der Waals surface area (Å²) in [4.78, 5) is 15.9. The second-order valence-corrected chi connectivity index (χ2v) is 9.89. The minimum atomic E-state index is -5.96. The monoisotopic (exact) mass is 567 g/mol. The number of hydrogen-bond acceptors (Lipinski definition) is 4. The lowest BCUT2D eigenvalue weighted by molar-refractivity contribution is -0.376. The standard InChI is InChI=1S/C30H31F6NO3/c1-6-27(7-2,23-9-11-25(19(4)13-23)28(39,29(31,32)33)30(34,35)36)22-8-10-24(18(3)12-22)21-14-20(16-37-17-21)15-26(38)40-5/h8-14,16-17,39H,6-7,15H2,1-5H3. The number of methoxy groups -OCH3 is 1. The Bertz CT molecular complexity index is 1360. The van der Waals surface area contributed by atoms with Crippen molar-refractivity contribution in [3.63, 3.8) is 0 Å². The summed E-state index contributed by atoms with van der Waals surface area (Å²) in [6, 6.07) is 10.8. The first-order valence-corrected chi connectivity index (χ1v) is 12.6. The van der Waals surface area contributed by atoms with Gasteiger partial charge in [-0.1, -0.05) is 50.2 Å². The highest BCUT2D eigenvalue weighted by molar-refractivity contribution is 5.74. The van der Waals surface area contributed by atoms with Crippen LogP contribution in [0.5, 0.6) is 0 Å². The number of aliphatic hydroxyl groups is 1. The van der Waals surface area contributed by atoms with E-state index in [1.54, 1.807) is 12.4 Å². The molecule has 0 amide bonds. The van der Waals surface area contributed by atoms with Crippen molar-refractivity contribution in [2.75, 3.05) is 7.11 Å². The first-order valence-electron chi connectivity index (χ1n) is 12.6. The van der Waals surface area contributed by atoms with Crippen molar-refractivity contribution in [3.05, 3.63) is 88.2 Å². The van der Waals surface area contributed by atoms with Crippen LogP contribution in [0.25, 0.3) is 11.1 Å². The van der Waals surface area contributed by atoms with Crippen LogP contribution in [-0.4, -0.2) is 35.5 Å². The number of aromatic nitrogens is 1. The Kier molecular flexibility index (Phi) is 8.74. The third kappa shape index (κ3) is 5.46. The highest BCUT2D eigenvalue weighted by Gasteiger charge is 2.71. The van der Waals surface area contributed by atoms with Crippen molar-refractivity contribution in [1.29, 1.82) is 0 Å². The highest BCUT2D eigenvalue weighted by atomic mass is 19.4. The van der Waals surface area contributed by atoms with Gasteiger partial charge in [0.1, 0.15) is 0 Å². The summed E-state index contributed by atoms with van der Waals surface area (Å²) in [5.41, 5.74) is -2.70. The van der Waals surface area contributed by atoms with Crippen LogP contribution >= 0.6 is 0 Å². The molecule has 3 aromatic rings. The number of carbonyl (C=O) groups excluding carboxylic acids is 1. The Labute approximate surface area is 229 Å². The average molecular weight is 568 g/mol. The van der Waals surface area contributed by atoms with Gasteiger partial charge in [-0.3, -0.25) is 9.78 Å². The molecule has 10 heteroatoms. The van der Waals surface area contributed by atoms with Gasteiger partial charge in [0, 0.05) is 28.9 Å². The van der Waals surface area contributed by atoms with Gasteiger partial charge in [0.2, 0.25) is 0 Å². The molecule has 0 aliphatic carbocycles. The highest BCUT2D eigenvalue weighted by Crippen LogP contribution is 2.51. The number of rotatable bonds is 8. The zero-order valence-corrected chi connectivity index (χ0v) is 22.8. The number of hydrogen-bond donors (Lipinski definition) is 1. The number of halogens is 6. The Morgan fingerprint density at radius 3 is 1.88 bits per heavy atom. The van der Waals surface area contributed by atoms with Gasteiger partial charge in [0.25, 0.3) is 5.60 Å². The van der Waals surface area contributed by atoms with E-state index < -0.39 is 34.9 Å². The van der Waals surface area contributed by atoms with E-state index in [1.807, 2.05) is 45.0 Å². The summed E-state index contributed by atoms with van der Waals surface area (Å²) in [6.07, 6.45) is -7.58. The molecule has 1 heterocycles. The van der Waals surface area contributed by atoms with E-state index in [0.29, 0.717) is 24.0 Å². The van der Waals surface area contributed by atoms with E-state index in [4.69, 9.17) is 4.74 Å². The van der Waals surface area contributed by atoms with Crippen LogP contribution in [-0.2, 0) is 27.0 Å². The van der Waals surface area contributed by atoms with E-state index in [0.717, 1.165) is 35.2 Å². The molecule has 216 valence electrons. The normalized spacial score (nSPS) is 12.9. The molecule has 1 N–H and O–H groups in total. The molecule has 3 rings (SSSR count). The fourth-order valence-corrected chi connectivity index (χ4v) is 5.32. The maximum Gasteiger partial charge on any atom is 0.430 e. The predicted octanol–water partition coefficient (Wildman–Crippen LogP) is 7.50. The SMILES string of the molecule is CCC(CC)(c1ccc(-c2cncc(CC(=O)OC)c2)c(C)c1)c1ccc(C(O)(C(F)(F)F)C(F)(F)F)c(C)c1. The van der Waals surface area contributed by atoms with Crippen LogP contribution in [0.15, 0.2) is 54.9 Å². The molecular weight excluding hydrogens is 536 g/mol. The first-order chi connectivity index (χ1) is 18.6. The lowest BCUT2D eigenvalue weighted by Gasteiger charge is -2.37. The Balaban J connectivity index is 2.09. The zero-order chi connectivity index (χ0) is 30.1. The number of esters is 1. The second kappa shape index (κ2) is 11.2.